The van der Waals surface area contributed by atoms with Gasteiger partial charge < -0.3 is 5.32 Å². The third kappa shape index (κ3) is 3.89. The number of halogens is 1. The Labute approximate surface area is 114 Å². The van der Waals surface area contributed by atoms with Gasteiger partial charge in [-0.25, -0.2) is 0 Å². The third-order valence-electron chi connectivity index (χ3n) is 2.36. The summed E-state index contributed by atoms with van der Waals surface area (Å²) in [5, 5.41) is 13.8. The van der Waals surface area contributed by atoms with Crippen molar-refractivity contribution >= 4 is 35.0 Å². The molecule has 0 aliphatic heterocycles. The van der Waals surface area contributed by atoms with E-state index in [0.29, 0.717) is 6.54 Å². The standard InChI is InChI=1S/C11H13ClN2O3S/c1-7(18-2)6-13-11(15)9-5-8(14(16)17)3-4-10(9)12/h3-5,7H,6H2,1-2H3,(H,13,15). The Morgan fingerprint density at radius 1 is 1.61 bits per heavy atom. The van der Waals surface area contributed by atoms with Crippen molar-refractivity contribution in [2.24, 2.45) is 0 Å². The first kappa shape index (κ1) is 14.8. The van der Waals surface area contributed by atoms with Crippen LogP contribution in [0.3, 0.4) is 0 Å². The van der Waals surface area contributed by atoms with E-state index in [1.807, 2.05) is 13.2 Å². The molecule has 0 bridgehead atoms. The van der Waals surface area contributed by atoms with Crippen LogP contribution in [0.5, 0.6) is 0 Å². The number of carbonyl (C=O) groups excluding carboxylic acids is 1. The van der Waals surface area contributed by atoms with E-state index in [1.165, 1.54) is 18.2 Å². The SMILES string of the molecule is CSC(C)CNC(=O)c1cc([N+](=O)[O-])ccc1Cl. The number of rotatable bonds is 5. The zero-order valence-electron chi connectivity index (χ0n) is 9.97. The van der Waals surface area contributed by atoms with Gasteiger partial charge in [0.2, 0.25) is 0 Å². The summed E-state index contributed by atoms with van der Waals surface area (Å²) in [7, 11) is 0. The fraction of sp³-hybridized carbons (Fsp3) is 0.364. The highest BCUT2D eigenvalue weighted by Gasteiger charge is 2.16. The van der Waals surface area contributed by atoms with Crippen LogP contribution >= 0.6 is 23.4 Å². The molecule has 0 fully saturated rings. The monoisotopic (exact) mass is 288 g/mol. The van der Waals surface area contributed by atoms with Crippen molar-refractivity contribution in [3.8, 4) is 0 Å². The lowest BCUT2D eigenvalue weighted by atomic mass is 10.2. The molecule has 1 aromatic carbocycles. The molecule has 1 unspecified atom stereocenters. The summed E-state index contributed by atoms with van der Waals surface area (Å²) in [6, 6.07) is 3.80. The summed E-state index contributed by atoms with van der Waals surface area (Å²) in [5.41, 5.74) is -0.0263. The van der Waals surface area contributed by atoms with E-state index in [0.717, 1.165) is 0 Å². The number of hydrogen-bond donors (Lipinski definition) is 1. The van der Waals surface area contributed by atoms with Gasteiger partial charge in [0.25, 0.3) is 11.6 Å². The topological polar surface area (TPSA) is 72.2 Å². The van der Waals surface area contributed by atoms with Crippen LogP contribution in [0.25, 0.3) is 0 Å². The third-order valence-corrected chi connectivity index (χ3v) is 3.66. The van der Waals surface area contributed by atoms with Crippen molar-refractivity contribution in [1.82, 2.24) is 5.32 Å². The Kier molecular flexibility index (Phi) is 5.43. The molecule has 18 heavy (non-hydrogen) atoms. The first-order valence-electron chi connectivity index (χ1n) is 5.20. The molecule has 5 nitrogen and oxygen atoms in total. The van der Waals surface area contributed by atoms with Gasteiger partial charge in [0, 0.05) is 23.9 Å². The van der Waals surface area contributed by atoms with Gasteiger partial charge in [-0.2, -0.15) is 11.8 Å². The van der Waals surface area contributed by atoms with Crippen LogP contribution < -0.4 is 5.32 Å². The second kappa shape index (κ2) is 6.61. The van der Waals surface area contributed by atoms with Crippen LogP contribution in [0.1, 0.15) is 17.3 Å². The van der Waals surface area contributed by atoms with Crippen molar-refractivity contribution in [3.63, 3.8) is 0 Å². The van der Waals surface area contributed by atoms with Crippen LogP contribution in [0.2, 0.25) is 5.02 Å². The summed E-state index contributed by atoms with van der Waals surface area (Å²) >= 11 is 7.47. The smallest absolute Gasteiger partial charge is 0.270 e. The zero-order chi connectivity index (χ0) is 13.7. The molecule has 1 atom stereocenters. The highest BCUT2D eigenvalue weighted by Crippen LogP contribution is 2.22. The number of amides is 1. The zero-order valence-corrected chi connectivity index (χ0v) is 11.5. The van der Waals surface area contributed by atoms with E-state index in [-0.39, 0.29) is 21.5 Å². The van der Waals surface area contributed by atoms with Gasteiger partial charge in [0.15, 0.2) is 0 Å². The maximum Gasteiger partial charge on any atom is 0.270 e. The molecule has 0 aliphatic carbocycles. The van der Waals surface area contributed by atoms with Gasteiger partial charge in [-0.1, -0.05) is 18.5 Å². The molecule has 0 heterocycles. The Balaban J connectivity index is 2.84. The van der Waals surface area contributed by atoms with Crippen molar-refractivity contribution in [2.45, 2.75) is 12.2 Å². The first-order chi connectivity index (χ1) is 8.45. The number of carbonyl (C=O) groups is 1. The molecule has 1 N–H and O–H groups in total. The molecule has 0 spiro atoms. The van der Waals surface area contributed by atoms with E-state index < -0.39 is 10.8 Å². The van der Waals surface area contributed by atoms with E-state index in [4.69, 9.17) is 11.6 Å². The Morgan fingerprint density at radius 3 is 2.83 bits per heavy atom. The van der Waals surface area contributed by atoms with Crippen molar-refractivity contribution in [3.05, 3.63) is 38.9 Å². The molecule has 0 saturated carbocycles. The molecule has 0 aromatic heterocycles. The largest absolute Gasteiger partial charge is 0.351 e. The number of non-ortho nitro benzene ring substituents is 1. The number of nitro benzene ring substituents is 1. The van der Waals surface area contributed by atoms with Gasteiger partial charge in [0.05, 0.1) is 15.5 Å². The van der Waals surface area contributed by atoms with E-state index in [1.54, 1.807) is 11.8 Å². The Morgan fingerprint density at radius 2 is 2.28 bits per heavy atom. The molecule has 0 aliphatic rings. The van der Waals surface area contributed by atoms with Gasteiger partial charge in [0.1, 0.15) is 0 Å². The molecule has 1 aromatic rings. The minimum absolute atomic E-state index is 0.124. The van der Waals surface area contributed by atoms with Gasteiger partial charge in [-0.05, 0) is 12.3 Å². The average molecular weight is 289 g/mol. The summed E-state index contributed by atoms with van der Waals surface area (Å²) in [5.74, 6) is -0.399. The highest BCUT2D eigenvalue weighted by atomic mass is 35.5. The fourth-order valence-corrected chi connectivity index (χ4v) is 1.67. The molecular formula is C11H13ClN2O3S. The van der Waals surface area contributed by atoms with Crippen molar-refractivity contribution < 1.29 is 9.72 Å². The number of nitrogens with one attached hydrogen (secondary N) is 1. The second-order valence-electron chi connectivity index (χ2n) is 3.68. The van der Waals surface area contributed by atoms with E-state index >= 15 is 0 Å². The van der Waals surface area contributed by atoms with Crippen LogP contribution in [0.4, 0.5) is 5.69 Å². The number of nitro groups is 1. The van der Waals surface area contributed by atoms with Crippen molar-refractivity contribution in [2.75, 3.05) is 12.8 Å². The maximum atomic E-state index is 11.8. The minimum Gasteiger partial charge on any atom is -0.351 e. The number of benzene rings is 1. The summed E-state index contributed by atoms with van der Waals surface area (Å²) in [6.45, 7) is 2.46. The molecule has 7 heteroatoms. The summed E-state index contributed by atoms with van der Waals surface area (Å²) < 4.78 is 0. The van der Waals surface area contributed by atoms with Gasteiger partial charge in [-0.15, -0.1) is 0 Å². The van der Waals surface area contributed by atoms with Crippen LogP contribution in [0, 0.1) is 10.1 Å². The molecular weight excluding hydrogens is 276 g/mol. The average Bonchev–Trinajstić information content (AvgIpc) is 2.35. The van der Waals surface area contributed by atoms with Gasteiger partial charge in [-0.3, -0.25) is 14.9 Å². The predicted octanol–water partition coefficient (Wildman–Crippen LogP) is 2.73. The van der Waals surface area contributed by atoms with Crippen LogP contribution in [-0.2, 0) is 0 Å². The Hall–Kier alpha value is -1.27. The number of nitrogens with zero attached hydrogens (tertiary/aromatic N) is 1. The molecule has 1 rings (SSSR count). The lowest BCUT2D eigenvalue weighted by molar-refractivity contribution is -0.384. The fourth-order valence-electron chi connectivity index (χ4n) is 1.22. The molecule has 98 valence electrons. The summed E-state index contributed by atoms with van der Waals surface area (Å²) in [4.78, 5) is 21.9. The van der Waals surface area contributed by atoms with Gasteiger partial charge >= 0.3 is 0 Å². The van der Waals surface area contributed by atoms with Crippen LogP contribution in [-0.4, -0.2) is 28.9 Å². The van der Waals surface area contributed by atoms with E-state index in [2.05, 4.69) is 5.32 Å². The minimum atomic E-state index is -0.558. The number of hydrogen-bond acceptors (Lipinski definition) is 4. The second-order valence-corrected chi connectivity index (χ2v) is 5.36. The quantitative estimate of drug-likeness (QED) is 0.668. The van der Waals surface area contributed by atoms with E-state index in [9.17, 15) is 14.9 Å². The Bertz CT molecular complexity index is 468. The lowest BCUT2D eigenvalue weighted by Crippen LogP contribution is -2.29. The first-order valence-corrected chi connectivity index (χ1v) is 6.87. The number of thioether (sulfide) groups is 1. The normalized spacial score (nSPS) is 11.9. The molecule has 1 amide bonds. The highest BCUT2D eigenvalue weighted by molar-refractivity contribution is 7.99. The summed E-state index contributed by atoms with van der Waals surface area (Å²) in [6.07, 6.45) is 1.94. The molecule has 0 saturated heterocycles. The van der Waals surface area contributed by atoms with Crippen LogP contribution in [0.15, 0.2) is 18.2 Å². The van der Waals surface area contributed by atoms with Crippen molar-refractivity contribution in [1.29, 1.82) is 0 Å². The molecule has 0 radical (unpaired) electrons. The lowest BCUT2D eigenvalue weighted by Gasteiger charge is -2.10. The maximum absolute atomic E-state index is 11.8. The predicted molar refractivity (Wildman–Crippen MR) is 73.4 cm³/mol.